The van der Waals surface area contributed by atoms with E-state index in [-0.39, 0.29) is 10.9 Å². The number of nitrogens with one attached hydrogen (secondary N) is 2. The normalized spacial score (nSPS) is 10.9. The Morgan fingerprint density at radius 2 is 2.00 bits per heavy atom. The molecular formula is C21H16ClN3O2S2. The Kier molecular flexibility index (Phi) is 5.36. The van der Waals surface area contributed by atoms with Crippen LogP contribution in [0.25, 0.3) is 21.5 Å². The lowest BCUT2D eigenvalue weighted by molar-refractivity contribution is 0.0951. The maximum atomic E-state index is 12.5. The molecule has 0 aliphatic rings. The Bertz CT molecular complexity index is 1250. The van der Waals surface area contributed by atoms with Gasteiger partial charge in [0.15, 0.2) is 16.0 Å². The highest BCUT2D eigenvalue weighted by Gasteiger charge is 2.15. The number of halogens is 1. The fourth-order valence-corrected chi connectivity index (χ4v) is 4.46. The summed E-state index contributed by atoms with van der Waals surface area (Å²) in [6.45, 7) is 4.07. The largest absolute Gasteiger partial charge is 0.451 e. The third-order valence-corrected chi connectivity index (χ3v) is 5.57. The van der Waals surface area contributed by atoms with Gasteiger partial charge in [-0.2, -0.15) is 0 Å². The Labute approximate surface area is 181 Å². The van der Waals surface area contributed by atoms with Crippen molar-refractivity contribution in [2.75, 3.05) is 5.32 Å². The molecule has 0 fully saturated rings. The van der Waals surface area contributed by atoms with Crippen LogP contribution >= 0.6 is 35.2 Å². The highest BCUT2D eigenvalue weighted by molar-refractivity contribution is 7.80. The maximum Gasteiger partial charge on any atom is 0.293 e. The number of thiocarbonyl (C=S) groups is 1. The van der Waals surface area contributed by atoms with Gasteiger partial charge in [-0.3, -0.25) is 10.1 Å². The first-order chi connectivity index (χ1) is 13.9. The van der Waals surface area contributed by atoms with Crippen LogP contribution in [0.15, 0.2) is 52.9 Å². The second-order valence-corrected chi connectivity index (χ2v) is 8.41. The standard InChI is InChI=1S/C21H16ClN3O2S2/c1-11-8-12(2)18-17(9-11)29-21(23-18)25-20(28)24-19(26)16-7-6-15(27-16)13-4-3-5-14(22)10-13/h3-10H,1-2H3,(H2,23,24,25,26,28). The third-order valence-electron chi connectivity index (χ3n) is 4.22. The lowest BCUT2D eigenvalue weighted by atomic mass is 10.1. The number of hydrogen-bond donors (Lipinski definition) is 2. The first-order valence-electron chi connectivity index (χ1n) is 8.75. The molecule has 0 radical (unpaired) electrons. The fraction of sp³-hybridized carbons (Fsp3) is 0.0952. The lowest BCUT2D eigenvalue weighted by Gasteiger charge is -2.05. The van der Waals surface area contributed by atoms with Gasteiger partial charge in [-0.05, 0) is 67.5 Å². The van der Waals surface area contributed by atoms with Gasteiger partial charge >= 0.3 is 0 Å². The summed E-state index contributed by atoms with van der Waals surface area (Å²) in [5.74, 6) is 0.261. The number of furan rings is 1. The molecule has 2 heterocycles. The zero-order valence-electron chi connectivity index (χ0n) is 15.6. The Morgan fingerprint density at radius 1 is 1.17 bits per heavy atom. The number of hydrogen-bond acceptors (Lipinski definition) is 5. The molecule has 4 rings (SSSR count). The number of aromatic nitrogens is 1. The molecule has 0 saturated carbocycles. The summed E-state index contributed by atoms with van der Waals surface area (Å²) in [6.07, 6.45) is 0. The van der Waals surface area contributed by atoms with E-state index >= 15 is 0 Å². The molecule has 2 N–H and O–H groups in total. The van der Waals surface area contributed by atoms with Crippen molar-refractivity contribution < 1.29 is 9.21 Å². The SMILES string of the molecule is Cc1cc(C)c2nc(NC(=S)NC(=O)c3ccc(-c4cccc(Cl)c4)o3)sc2c1. The number of thiazole rings is 1. The van der Waals surface area contributed by atoms with Gasteiger partial charge in [0.05, 0.1) is 10.2 Å². The number of nitrogens with zero attached hydrogens (tertiary/aromatic N) is 1. The fourth-order valence-electron chi connectivity index (χ4n) is 2.97. The van der Waals surface area contributed by atoms with Crippen LogP contribution in [0.5, 0.6) is 0 Å². The van der Waals surface area contributed by atoms with E-state index in [1.807, 2.05) is 26.0 Å². The number of carbonyl (C=O) groups excluding carboxylic acids is 1. The molecule has 4 aromatic rings. The van der Waals surface area contributed by atoms with E-state index in [4.69, 9.17) is 28.2 Å². The van der Waals surface area contributed by atoms with Gasteiger partial charge in [0.1, 0.15) is 5.76 Å². The Morgan fingerprint density at radius 3 is 2.79 bits per heavy atom. The minimum absolute atomic E-state index is 0.153. The van der Waals surface area contributed by atoms with Crippen molar-refractivity contribution in [1.82, 2.24) is 10.3 Å². The highest BCUT2D eigenvalue weighted by atomic mass is 35.5. The molecule has 0 aliphatic carbocycles. The number of carbonyl (C=O) groups is 1. The van der Waals surface area contributed by atoms with E-state index in [1.165, 1.54) is 16.9 Å². The van der Waals surface area contributed by atoms with Crippen LogP contribution in [0.2, 0.25) is 5.02 Å². The van der Waals surface area contributed by atoms with E-state index < -0.39 is 5.91 Å². The second-order valence-electron chi connectivity index (χ2n) is 6.53. The number of anilines is 1. The van der Waals surface area contributed by atoms with Crippen LogP contribution in [0.4, 0.5) is 5.13 Å². The molecular weight excluding hydrogens is 426 g/mol. The molecule has 0 atom stereocenters. The predicted octanol–water partition coefficient (Wildman–Crippen LogP) is 5.95. The number of amides is 1. The summed E-state index contributed by atoms with van der Waals surface area (Å²) in [4.78, 5) is 17.0. The number of fused-ring (bicyclic) bond motifs is 1. The molecule has 1 amide bonds. The van der Waals surface area contributed by atoms with Crippen LogP contribution in [0, 0.1) is 13.8 Å². The second kappa shape index (κ2) is 7.94. The number of benzene rings is 2. The van der Waals surface area contributed by atoms with Crippen LogP contribution in [0.1, 0.15) is 21.7 Å². The van der Waals surface area contributed by atoms with E-state index in [9.17, 15) is 4.79 Å². The molecule has 2 aromatic carbocycles. The van der Waals surface area contributed by atoms with Crippen molar-refractivity contribution in [1.29, 1.82) is 0 Å². The molecule has 8 heteroatoms. The van der Waals surface area contributed by atoms with Crippen LogP contribution in [-0.4, -0.2) is 16.0 Å². The average molecular weight is 442 g/mol. The molecule has 5 nitrogen and oxygen atoms in total. The predicted molar refractivity (Wildman–Crippen MR) is 122 cm³/mol. The molecule has 0 unspecified atom stereocenters. The number of rotatable bonds is 3. The first-order valence-corrected chi connectivity index (χ1v) is 10.4. The van der Waals surface area contributed by atoms with Crippen LogP contribution < -0.4 is 10.6 Å². The zero-order chi connectivity index (χ0) is 20.5. The Balaban J connectivity index is 1.45. The summed E-state index contributed by atoms with van der Waals surface area (Å²) in [5.41, 5.74) is 3.99. The van der Waals surface area contributed by atoms with Gasteiger partial charge in [-0.25, -0.2) is 4.98 Å². The van der Waals surface area contributed by atoms with Crippen LogP contribution in [-0.2, 0) is 0 Å². The van der Waals surface area contributed by atoms with Crippen molar-refractivity contribution in [3.05, 3.63) is 70.4 Å². The summed E-state index contributed by atoms with van der Waals surface area (Å²) < 4.78 is 6.71. The summed E-state index contributed by atoms with van der Waals surface area (Å²) in [5, 5.41) is 6.97. The van der Waals surface area contributed by atoms with Gasteiger partial charge in [-0.15, -0.1) is 0 Å². The maximum absolute atomic E-state index is 12.5. The van der Waals surface area contributed by atoms with E-state index in [2.05, 4.69) is 27.8 Å². The highest BCUT2D eigenvalue weighted by Crippen LogP contribution is 2.29. The van der Waals surface area contributed by atoms with Gasteiger partial charge < -0.3 is 9.73 Å². The lowest BCUT2D eigenvalue weighted by Crippen LogP contribution is -2.33. The van der Waals surface area contributed by atoms with Gasteiger partial charge in [-0.1, -0.05) is 41.1 Å². The number of aryl methyl sites for hydroxylation is 2. The van der Waals surface area contributed by atoms with Crippen LogP contribution in [0.3, 0.4) is 0 Å². The topological polar surface area (TPSA) is 67.2 Å². The van der Waals surface area contributed by atoms with Gasteiger partial charge in [0.25, 0.3) is 5.91 Å². The van der Waals surface area contributed by atoms with Gasteiger partial charge in [0.2, 0.25) is 0 Å². The molecule has 0 spiro atoms. The van der Waals surface area contributed by atoms with Crippen molar-refractivity contribution in [2.45, 2.75) is 13.8 Å². The van der Waals surface area contributed by atoms with E-state index in [0.717, 1.165) is 21.3 Å². The molecule has 0 saturated heterocycles. The average Bonchev–Trinajstić information content (AvgIpc) is 3.28. The van der Waals surface area contributed by atoms with E-state index in [0.29, 0.717) is 15.9 Å². The van der Waals surface area contributed by atoms with Gasteiger partial charge in [0, 0.05) is 10.6 Å². The third kappa shape index (κ3) is 4.32. The summed E-state index contributed by atoms with van der Waals surface area (Å²) in [6, 6.07) is 14.7. The zero-order valence-corrected chi connectivity index (χ0v) is 18.0. The van der Waals surface area contributed by atoms with Crippen molar-refractivity contribution in [3.8, 4) is 11.3 Å². The van der Waals surface area contributed by atoms with Crippen molar-refractivity contribution in [3.63, 3.8) is 0 Å². The monoisotopic (exact) mass is 441 g/mol. The molecule has 0 bridgehead atoms. The van der Waals surface area contributed by atoms with E-state index in [1.54, 1.807) is 24.3 Å². The smallest absolute Gasteiger partial charge is 0.293 e. The summed E-state index contributed by atoms with van der Waals surface area (Å²) >= 11 is 12.7. The minimum Gasteiger partial charge on any atom is -0.451 e. The Hall–Kier alpha value is -2.74. The van der Waals surface area contributed by atoms with Crippen molar-refractivity contribution >= 4 is 61.5 Å². The first kappa shape index (κ1) is 19.6. The minimum atomic E-state index is -0.441. The quantitative estimate of drug-likeness (QED) is 0.384. The molecule has 0 aliphatic heterocycles. The summed E-state index contributed by atoms with van der Waals surface area (Å²) in [7, 11) is 0. The van der Waals surface area contributed by atoms with Crippen molar-refractivity contribution in [2.24, 2.45) is 0 Å². The molecule has 2 aromatic heterocycles. The molecule has 146 valence electrons. The molecule has 29 heavy (non-hydrogen) atoms.